The molecule has 3 aromatic rings. The standard InChI is InChI=1S/C26H26FN3O5S2/c27-22-14-18(4-5-19(22)15-36-26-28-23-3-1-2-21(23)24(31)29-26)16-6-8-20(9-7-16)37(34,35)30-12-10-17(11-13-30)25(32)33/h4-9,14,17H,1-3,10-13,15H2,(H,32,33)(H,28,29,31). The summed E-state index contributed by atoms with van der Waals surface area (Å²) in [5.74, 6) is -1.50. The summed E-state index contributed by atoms with van der Waals surface area (Å²) in [5.41, 5.74) is 3.23. The zero-order chi connectivity index (χ0) is 26.2. The molecule has 8 nitrogen and oxygen atoms in total. The maximum absolute atomic E-state index is 14.9. The molecule has 0 saturated carbocycles. The lowest BCUT2D eigenvalue weighted by Crippen LogP contribution is -2.40. The van der Waals surface area contributed by atoms with Crippen LogP contribution in [0.2, 0.25) is 0 Å². The second-order valence-corrected chi connectivity index (χ2v) is 12.2. The third-order valence-electron chi connectivity index (χ3n) is 6.97. The number of hydrogen-bond donors (Lipinski definition) is 2. The average molecular weight is 544 g/mol. The van der Waals surface area contributed by atoms with Crippen molar-refractivity contribution in [2.24, 2.45) is 5.92 Å². The van der Waals surface area contributed by atoms with Gasteiger partial charge in [0.25, 0.3) is 5.56 Å². The summed E-state index contributed by atoms with van der Waals surface area (Å²) in [4.78, 5) is 30.7. The maximum Gasteiger partial charge on any atom is 0.306 e. The third-order valence-corrected chi connectivity index (χ3v) is 9.80. The third kappa shape index (κ3) is 5.34. The Hall–Kier alpha value is -3.02. The van der Waals surface area contributed by atoms with E-state index in [-0.39, 0.29) is 36.4 Å². The average Bonchev–Trinajstić information content (AvgIpc) is 3.37. The van der Waals surface area contributed by atoms with Crippen LogP contribution < -0.4 is 5.56 Å². The molecule has 0 atom stereocenters. The Morgan fingerprint density at radius 2 is 1.81 bits per heavy atom. The molecule has 2 aromatic carbocycles. The summed E-state index contributed by atoms with van der Waals surface area (Å²) in [7, 11) is -3.73. The van der Waals surface area contributed by atoms with E-state index in [2.05, 4.69) is 9.97 Å². The molecule has 1 aliphatic heterocycles. The number of rotatable bonds is 7. The molecule has 1 fully saturated rings. The van der Waals surface area contributed by atoms with Crippen molar-refractivity contribution >= 4 is 27.8 Å². The fourth-order valence-corrected chi connectivity index (χ4v) is 7.12. The van der Waals surface area contributed by atoms with Gasteiger partial charge in [-0.2, -0.15) is 4.31 Å². The van der Waals surface area contributed by atoms with Gasteiger partial charge in [-0.05, 0) is 67.0 Å². The number of carboxylic acids is 1. The fraction of sp³-hybridized carbons (Fsp3) is 0.346. The Kier molecular flexibility index (Phi) is 7.19. The Labute approximate surface area is 218 Å². The zero-order valence-electron chi connectivity index (χ0n) is 19.9. The molecule has 194 valence electrons. The monoisotopic (exact) mass is 543 g/mol. The van der Waals surface area contributed by atoms with E-state index < -0.39 is 27.7 Å². The minimum absolute atomic E-state index is 0.115. The Morgan fingerprint density at radius 1 is 1.11 bits per heavy atom. The van der Waals surface area contributed by atoms with Gasteiger partial charge in [0.05, 0.1) is 16.5 Å². The minimum atomic E-state index is -3.73. The molecule has 1 saturated heterocycles. The molecule has 0 bridgehead atoms. The van der Waals surface area contributed by atoms with Crippen molar-refractivity contribution < 1.29 is 22.7 Å². The van der Waals surface area contributed by atoms with Crippen LogP contribution in [0.15, 0.2) is 57.3 Å². The predicted molar refractivity (Wildman–Crippen MR) is 137 cm³/mol. The lowest BCUT2D eigenvalue weighted by molar-refractivity contribution is -0.142. The number of carbonyl (C=O) groups is 1. The Balaban J connectivity index is 1.26. The van der Waals surface area contributed by atoms with Crippen LogP contribution in [0, 0.1) is 11.7 Å². The van der Waals surface area contributed by atoms with Crippen LogP contribution in [0.4, 0.5) is 4.39 Å². The highest BCUT2D eigenvalue weighted by Gasteiger charge is 2.32. The largest absolute Gasteiger partial charge is 0.481 e. The highest BCUT2D eigenvalue weighted by atomic mass is 32.2. The first-order valence-corrected chi connectivity index (χ1v) is 14.5. The number of nitrogens with zero attached hydrogens (tertiary/aromatic N) is 2. The number of sulfonamides is 1. The molecule has 0 spiro atoms. The van der Waals surface area contributed by atoms with E-state index in [1.807, 2.05) is 0 Å². The smallest absolute Gasteiger partial charge is 0.306 e. The first kappa shape index (κ1) is 25.6. The molecular weight excluding hydrogens is 517 g/mol. The molecule has 37 heavy (non-hydrogen) atoms. The van der Waals surface area contributed by atoms with Crippen molar-refractivity contribution in [1.82, 2.24) is 14.3 Å². The highest BCUT2D eigenvalue weighted by Crippen LogP contribution is 2.29. The SMILES string of the molecule is O=C(O)C1CCN(S(=O)(=O)c2ccc(-c3ccc(CSc4nc5c(c(=O)[nH]4)CCC5)c(F)c3)cc2)CC1. The highest BCUT2D eigenvalue weighted by molar-refractivity contribution is 7.98. The number of benzene rings is 2. The van der Waals surface area contributed by atoms with Crippen molar-refractivity contribution in [1.29, 1.82) is 0 Å². The minimum Gasteiger partial charge on any atom is -0.481 e. The molecule has 1 aliphatic carbocycles. The van der Waals surface area contributed by atoms with Crippen LogP contribution in [-0.4, -0.2) is 46.9 Å². The van der Waals surface area contributed by atoms with Crippen LogP contribution in [0.3, 0.4) is 0 Å². The van der Waals surface area contributed by atoms with Crippen LogP contribution in [0.25, 0.3) is 11.1 Å². The van der Waals surface area contributed by atoms with Crippen molar-refractivity contribution in [3.8, 4) is 11.1 Å². The van der Waals surface area contributed by atoms with E-state index >= 15 is 0 Å². The van der Waals surface area contributed by atoms with E-state index in [0.717, 1.165) is 30.5 Å². The molecule has 2 N–H and O–H groups in total. The molecule has 0 unspecified atom stereocenters. The molecular formula is C26H26FN3O5S2. The molecule has 11 heteroatoms. The number of aryl methyl sites for hydroxylation is 1. The van der Waals surface area contributed by atoms with Gasteiger partial charge in [-0.1, -0.05) is 36.0 Å². The second kappa shape index (κ2) is 10.4. The number of carboxylic acid groups (broad SMARTS) is 1. The van der Waals surface area contributed by atoms with Gasteiger partial charge in [0.2, 0.25) is 10.0 Å². The number of fused-ring (bicyclic) bond motifs is 1. The molecule has 0 radical (unpaired) electrons. The number of piperidine rings is 1. The predicted octanol–water partition coefficient (Wildman–Crippen LogP) is 3.84. The Bertz CT molecular complexity index is 1500. The van der Waals surface area contributed by atoms with Crippen LogP contribution in [-0.2, 0) is 33.4 Å². The summed E-state index contributed by atoms with van der Waals surface area (Å²) < 4.78 is 42.1. The van der Waals surface area contributed by atoms with Crippen molar-refractivity contribution in [2.45, 2.75) is 47.9 Å². The van der Waals surface area contributed by atoms with Gasteiger partial charge >= 0.3 is 5.97 Å². The van der Waals surface area contributed by atoms with Gasteiger partial charge in [-0.3, -0.25) is 9.59 Å². The van der Waals surface area contributed by atoms with Crippen LogP contribution >= 0.6 is 11.8 Å². The van der Waals surface area contributed by atoms with Crippen molar-refractivity contribution in [3.63, 3.8) is 0 Å². The van der Waals surface area contributed by atoms with Gasteiger partial charge in [-0.25, -0.2) is 17.8 Å². The van der Waals surface area contributed by atoms with Gasteiger partial charge < -0.3 is 10.1 Å². The first-order chi connectivity index (χ1) is 17.7. The molecule has 2 aliphatic rings. The second-order valence-electron chi connectivity index (χ2n) is 9.29. The summed E-state index contributed by atoms with van der Waals surface area (Å²) >= 11 is 1.28. The fourth-order valence-electron chi connectivity index (χ4n) is 4.79. The van der Waals surface area contributed by atoms with E-state index in [1.165, 1.54) is 34.3 Å². The number of hydrogen-bond acceptors (Lipinski definition) is 6. The van der Waals surface area contributed by atoms with Crippen LogP contribution in [0.5, 0.6) is 0 Å². The summed E-state index contributed by atoms with van der Waals surface area (Å²) in [6.07, 6.45) is 3.04. The van der Waals surface area contributed by atoms with E-state index in [1.54, 1.807) is 24.3 Å². The van der Waals surface area contributed by atoms with Gasteiger partial charge in [0, 0.05) is 24.4 Å². The summed E-state index contributed by atoms with van der Waals surface area (Å²) in [6, 6.07) is 11.1. The number of aromatic amines is 1. The quantitative estimate of drug-likeness (QED) is 0.343. The topological polar surface area (TPSA) is 120 Å². The number of H-pyrrole nitrogens is 1. The van der Waals surface area contributed by atoms with Gasteiger partial charge in [0.15, 0.2) is 5.16 Å². The lowest BCUT2D eigenvalue weighted by atomic mass is 9.99. The van der Waals surface area contributed by atoms with Gasteiger partial charge in [-0.15, -0.1) is 0 Å². The number of halogens is 1. The normalized spacial score (nSPS) is 16.6. The Morgan fingerprint density at radius 3 is 2.49 bits per heavy atom. The molecule has 0 amide bonds. The number of aromatic nitrogens is 2. The number of nitrogens with one attached hydrogen (secondary N) is 1. The van der Waals surface area contributed by atoms with E-state index in [9.17, 15) is 22.4 Å². The molecule has 1 aromatic heterocycles. The molecule has 5 rings (SSSR count). The maximum atomic E-state index is 14.9. The summed E-state index contributed by atoms with van der Waals surface area (Å²) in [6.45, 7) is 0.335. The van der Waals surface area contributed by atoms with Crippen molar-refractivity contribution in [3.05, 3.63) is 75.5 Å². The van der Waals surface area contributed by atoms with E-state index in [0.29, 0.717) is 27.6 Å². The zero-order valence-corrected chi connectivity index (χ0v) is 21.6. The number of thioether (sulfide) groups is 1. The molecule has 2 heterocycles. The first-order valence-electron chi connectivity index (χ1n) is 12.1. The van der Waals surface area contributed by atoms with Gasteiger partial charge in [0.1, 0.15) is 5.82 Å². The van der Waals surface area contributed by atoms with Crippen molar-refractivity contribution in [2.75, 3.05) is 13.1 Å². The van der Waals surface area contributed by atoms with E-state index in [4.69, 9.17) is 5.11 Å². The lowest BCUT2D eigenvalue weighted by Gasteiger charge is -2.29. The number of aliphatic carboxylic acids is 1. The summed E-state index contributed by atoms with van der Waals surface area (Å²) in [5, 5.41) is 9.62. The van der Waals surface area contributed by atoms with Crippen LogP contribution in [0.1, 0.15) is 36.1 Å².